The van der Waals surface area contributed by atoms with E-state index in [1.807, 2.05) is 6.92 Å². The molecule has 0 fully saturated rings. The SMILES string of the molecule is CCOC(=O)c1noc(C(CC)CN)n1. The highest BCUT2D eigenvalue weighted by molar-refractivity contribution is 5.84. The molecule has 15 heavy (non-hydrogen) atoms. The maximum atomic E-state index is 11.2. The standard InChI is InChI=1S/C9H15N3O3/c1-3-6(5-10)8-11-7(12-15-8)9(13)14-4-2/h6H,3-5,10H2,1-2H3. The minimum Gasteiger partial charge on any atom is -0.460 e. The maximum absolute atomic E-state index is 11.2. The smallest absolute Gasteiger partial charge is 0.379 e. The summed E-state index contributed by atoms with van der Waals surface area (Å²) in [6, 6.07) is 0. The van der Waals surface area contributed by atoms with Crippen molar-refractivity contribution >= 4 is 5.97 Å². The zero-order valence-electron chi connectivity index (χ0n) is 8.90. The fourth-order valence-electron chi connectivity index (χ4n) is 1.12. The Bertz CT molecular complexity index is 320. The highest BCUT2D eigenvalue weighted by Crippen LogP contribution is 2.15. The van der Waals surface area contributed by atoms with Crippen molar-refractivity contribution in [1.82, 2.24) is 10.1 Å². The number of hydrogen-bond donors (Lipinski definition) is 1. The zero-order chi connectivity index (χ0) is 11.3. The Labute approximate surface area is 87.8 Å². The van der Waals surface area contributed by atoms with Gasteiger partial charge in [-0.3, -0.25) is 0 Å². The third-order valence-electron chi connectivity index (χ3n) is 2.03. The molecule has 6 nitrogen and oxygen atoms in total. The molecule has 0 aliphatic heterocycles. The normalized spacial score (nSPS) is 12.5. The molecule has 1 rings (SSSR count). The monoisotopic (exact) mass is 213 g/mol. The first-order valence-corrected chi connectivity index (χ1v) is 4.93. The molecule has 1 aromatic heterocycles. The number of ether oxygens (including phenoxy) is 1. The molecule has 1 heterocycles. The molecule has 0 spiro atoms. The van der Waals surface area contributed by atoms with Crippen LogP contribution in [0.2, 0.25) is 0 Å². The van der Waals surface area contributed by atoms with Crippen molar-refractivity contribution in [3.63, 3.8) is 0 Å². The Morgan fingerprint density at radius 1 is 1.60 bits per heavy atom. The molecule has 1 unspecified atom stereocenters. The second-order valence-electron chi connectivity index (χ2n) is 3.02. The van der Waals surface area contributed by atoms with Crippen molar-refractivity contribution in [3.8, 4) is 0 Å². The summed E-state index contributed by atoms with van der Waals surface area (Å²) in [5, 5.41) is 3.54. The molecule has 1 atom stereocenters. The van der Waals surface area contributed by atoms with Crippen LogP contribution in [0.1, 0.15) is 42.7 Å². The lowest BCUT2D eigenvalue weighted by Gasteiger charge is -2.04. The van der Waals surface area contributed by atoms with E-state index in [1.54, 1.807) is 6.92 Å². The van der Waals surface area contributed by atoms with Gasteiger partial charge < -0.3 is 15.0 Å². The summed E-state index contributed by atoms with van der Waals surface area (Å²) in [5.41, 5.74) is 5.52. The summed E-state index contributed by atoms with van der Waals surface area (Å²) < 4.78 is 9.67. The number of nitrogens with two attached hydrogens (primary N) is 1. The lowest BCUT2D eigenvalue weighted by molar-refractivity contribution is 0.0508. The minimum atomic E-state index is -0.570. The fraction of sp³-hybridized carbons (Fsp3) is 0.667. The Morgan fingerprint density at radius 2 is 2.33 bits per heavy atom. The third kappa shape index (κ3) is 2.76. The summed E-state index contributed by atoms with van der Waals surface area (Å²) in [7, 11) is 0. The van der Waals surface area contributed by atoms with Crippen molar-refractivity contribution < 1.29 is 14.1 Å². The van der Waals surface area contributed by atoms with E-state index in [2.05, 4.69) is 10.1 Å². The summed E-state index contributed by atoms with van der Waals surface area (Å²) in [6.45, 7) is 4.39. The van der Waals surface area contributed by atoms with Gasteiger partial charge in [0.2, 0.25) is 5.89 Å². The molecule has 0 aliphatic carbocycles. The van der Waals surface area contributed by atoms with Gasteiger partial charge in [0.1, 0.15) is 0 Å². The molecule has 2 N–H and O–H groups in total. The lowest BCUT2D eigenvalue weighted by atomic mass is 10.1. The van der Waals surface area contributed by atoms with Gasteiger partial charge in [-0.2, -0.15) is 4.98 Å². The predicted octanol–water partition coefficient (Wildman–Crippen LogP) is 0.699. The van der Waals surface area contributed by atoms with E-state index in [-0.39, 0.29) is 18.3 Å². The summed E-state index contributed by atoms with van der Waals surface area (Å²) in [5.74, 6) is -0.221. The van der Waals surface area contributed by atoms with Gasteiger partial charge in [0.15, 0.2) is 0 Å². The van der Waals surface area contributed by atoms with Gasteiger partial charge in [-0.05, 0) is 18.5 Å². The van der Waals surface area contributed by atoms with E-state index >= 15 is 0 Å². The zero-order valence-corrected chi connectivity index (χ0v) is 8.90. The van der Waals surface area contributed by atoms with Gasteiger partial charge in [-0.25, -0.2) is 4.79 Å². The van der Waals surface area contributed by atoms with Gasteiger partial charge in [0.25, 0.3) is 5.82 Å². The van der Waals surface area contributed by atoms with Gasteiger partial charge in [-0.15, -0.1) is 0 Å². The topological polar surface area (TPSA) is 91.2 Å². The average molecular weight is 213 g/mol. The second kappa shape index (κ2) is 5.45. The van der Waals surface area contributed by atoms with Crippen molar-refractivity contribution in [1.29, 1.82) is 0 Å². The molecule has 0 bridgehead atoms. The van der Waals surface area contributed by atoms with Gasteiger partial charge >= 0.3 is 5.97 Å². The molecule has 0 saturated heterocycles. The molecule has 0 aliphatic rings. The third-order valence-corrected chi connectivity index (χ3v) is 2.03. The second-order valence-corrected chi connectivity index (χ2v) is 3.02. The Morgan fingerprint density at radius 3 is 2.87 bits per heavy atom. The van der Waals surface area contributed by atoms with Crippen LogP contribution in [0.3, 0.4) is 0 Å². The first kappa shape index (κ1) is 11.6. The quantitative estimate of drug-likeness (QED) is 0.724. The Hall–Kier alpha value is -1.43. The van der Waals surface area contributed by atoms with Crippen LogP contribution in [0.15, 0.2) is 4.52 Å². The molecule has 6 heteroatoms. The first-order valence-electron chi connectivity index (χ1n) is 4.93. The number of hydrogen-bond acceptors (Lipinski definition) is 6. The number of aromatic nitrogens is 2. The van der Waals surface area contributed by atoms with Crippen LogP contribution in [0.4, 0.5) is 0 Å². The average Bonchev–Trinajstić information content (AvgIpc) is 2.69. The van der Waals surface area contributed by atoms with Crippen LogP contribution in [-0.4, -0.2) is 29.3 Å². The molecular weight excluding hydrogens is 198 g/mol. The molecule has 0 amide bonds. The minimum absolute atomic E-state index is 0.000626. The van der Waals surface area contributed by atoms with E-state index in [0.717, 1.165) is 6.42 Å². The Balaban J connectivity index is 2.75. The van der Waals surface area contributed by atoms with E-state index in [1.165, 1.54) is 0 Å². The van der Waals surface area contributed by atoms with Gasteiger partial charge in [0.05, 0.1) is 12.5 Å². The van der Waals surface area contributed by atoms with Gasteiger partial charge in [-0.1, -0.05) is 6.92 Å². The van der Waals surface area contributed by atoms with Crippen LogP contribution < -0.4 is 5.73 Å². The molecule has 0 radical (unpaired) electrons. The van der Waals surface area contributed by atoms with Crippen molar-refractivity contribution in [2.24, 2.45) is 5.73 Å². The molecule has 84 valence electrons. The highest BCUT2D eigenvalue weighted by atomic mass is 16.5. The van der Waals surface area contributed by atoms with Crippen molar-refractivity contribution in [3.05, 3.63) is 11.7 Å². The van der Waals surface area contributed by atoms with Gasteiger partial charge in [0, 0.05) is 6.54 Å². The van der Waals surface area contributed by atoms with Crippen LogP contribution in [0.5, 0.6) is 0 Å². The molecule has 0 saturated carbocycles. The lowest BCUT2D eigenvalue weighted by Crippen LogP contribution is -2.12. The summed E-state index contributed by atoms with van der Waals surface area (Å²) in [4.78, 5) is 15.2. The number of carbonyl (C=O) groups excluding carboxylic acids is 1. The summed E-state index contributed by atoms with van der Waals surface area (Å²) in [6.07, 6.45) is 0.793. The highest BCUT2D eigenvalue weighted by Gasteiger charge is 2.20. The van der Waals surface area contributed by atoms with E-state index < -0.39 is 5.97 Å². The van der Waals surface area contributed by atoms with Crippen LogP contribution in [-0.2, 0) is 4.74 Å². The number of nitrogens with zero attached hydrogens (tertiary/aromatic N) is 2. The summed E-state index contributed by atoms with van der Waals surface area (Å²) >= 11 is 0. The Kier molecular flexibility index (Phi) is 4.23. The van der Waals surface area contributed by atoms with E-state index in [0.29, 0.717) is 12.4 Å². The fourth-order valence-corrected chi connectivity index (χ4v) is 1.12. The van der Waals surface area contributed by atoms with E-state index in [4.69, 9.17) is 15.0 Å². The van der Waals surface area contributed by atoms with E-state index in [9.17, 15) is 4.79 Å². The van der Waals surface area contributed by atoms with Crippen LogP contribution >= 0.6 is 0 Å². The molecule has 0 aromatic carbocycles. The largest absolute Gasteiger partial charge is 0.460 e. The maximum Gasteiger partial charge on any atom is 0.379 e. The number of rotatable bonds is 5. The predicted molar refractivity (Wildman–Crippen MR) is 52.3 cm³/mol. The van der Waals surface area contributed by atoms with Crippen LogP contribution in [0.25, 0.3) is 0 Å². The molecule has 1 aromatic rings. The molecular formula is C9H15N3O3. The number of carbonyl (C=O) groups is 1. The number of esters is 1. The first-order chi connectivity index (χ1) is 7.22. The van der Waals surface area contributed by atoms with Crippen LogP contribution in [0, 0.1) is 0 Å². The van der Waals surface area contributed by atoms with Crippen molar-refractivity contribution in [2.45, 2.75) is 26.2 Å². The van der Waals surface area contributed by atoms with Crippen molar-refractivity contribution in [2.75, 3.05) is 13.2 Å².